The minimum absolute atomic E-state index is 0.297. The first-order valence-electron chi connectivity index (χ1n) is 10.1. The van der Waals surface area contributed by atoms with E-state index in [1.807, 2.05) is 24.4 Å². The molecule has 0 bridgehead atoms. The molecule has 0 radical (unpaired) electrons. The third-order valence-electron chi connectivity index (χ3n) is 4.44. The van der Waals surface area contributed by atoms with Gasteiger partial charge in [-0.2, -0.15) is 15.0 Å². The van der Waals surface area contributed by atoms with Gasteiger partial charge in [0, 0.05) is 30.0 Å². The Bertz CT molecular complexity index is 1210. The number of hydrogen-bond acceptors (Lipinski definition) is 8. The van der Waals surface area contributed by atoms with Crippen molar-refractivity contribution in [1.82, 2.24) is 24.9 Å². The van der Waals surface area contributed by atoms with E-state index in [1.54, 1.807) is 41.9 Å². The molecule has 4 aromatic rings. The van der Waals surface area contributed by atoms with Crippen molar-refractivity contribution in [2.75, 3.05) is 10.6 Å². The van der Waals surface area contributed by atoms with E-state index in [0.717, 1.165) is 5.56 Å². The first kappa shape index (κ1) is 21.5. The summed E-state index contributed by atoms with van der Waals surface area (Å²) in [4.78, 5) is 23.0. The third kappa shape index (κ3) is 5.92. The number of halogens is 1. The summed E-state index contributed by atoms with van der Waals surface area (Å²) in [7, 11) is 0. The highest BCUT2D eigenvalue weighted by Crippen LogP contribution is 2.27. The lowest BCUT2D eigenvalue weighted by Crippen LogP contribution is -2.08. The van der Waals surface area contributed by atoms with Gasteiger partial charge in [0.1, 0.15) is 5.82 Å². The monoisotopic (exact) mass is 447 g/mol. The van der Waals surface area contributed by atoms with Crippen molar-refractivity contribution in [3.63, 3.8) is 0 Å². The molecule has 32 heavy (non-hydrogen) atoms. The molecule has 0 aliphatic carbocycles. The summed E-state index contributed by atoms with van der Waals surface area (Å²) in [5.41, 5.74) is 1.76. The van der Waals surface area contributed by atoms with Crippen molar-refractivity contribution in [2.24, 2.45) is 0 Å². The summed E-state index contributed by atoms with van der Waals surface area (Å²) in [5.74, 6) is 1.32. The molecule has 4 rings (SSSR count). The Balaban J connectivity index is 1.59. The van der Waals surface area contributed by atoms with E-state index in [1.165, 1.54) is 17.0 Å². The predicted molar refractivity (Wildman–Crippen MR) is 126 cm³/mol. The number of anilines is 3. The molecule has 162 valence electrons. The summed E-state index contributed by atoms with van der Waals surface area (Å²) < 4.78 is 13.5. The van der Waals surface area contributed by atoms with Crippen molar-refractivity contribution < 1.29 is 4.39 Å². The SMILES string of the molecule is CC(C)c1cnc(Nc2nc(/C=C/c3cccc(F)c3)nc(NCc3ccncc3)n2)s1. The van der Waals surface area contributed by atoms with Crippen LogP contribution in [0.15, 0.2) is 55.0 Å². The molecule has 0 saturated carbocycles. The fourth-order valence-corrected chi connectivity index (χ4v) is 3.58. The van der Waals surface area contributed by atoms with Gasteiger partial charge in [-0.15, -0.1) is 11.3 Å². The Hall–Kier alpha value is -3.72. The molecule has 0 aliphatic heterocycles. The van der Waals surface area contributed by atoms with E-state index in [9.17, 15) is 4.39 Å². The molecule has 1 aromatic carbocycles. The molecule has 2 N–H and O–H groups in total. The van der Waals surface area contributed by atoms with Crippen LogP contribution in [0.5, 0.6) is 0 Å². The third-order valence-corrected chi connectivity index (χ3v) is 5.65. The number of hydrogen-bond donors (Lipinski definition) is 2. The van der Waals surface area contributed by atoms with Gasteiger partial charge >= 0.3 is 0 Å². The normalized spacial score (nSPS) is 11.2. The van der Waals surface area contributed by atoms with Gasteiger partial charge < -0.3 is 5.32 Å². The molecule has 0 amide bonds. The predicted octanol–water partition coefficient (Wildman–Crippen LogP) is 5.51. The van der Waals surface area contributed by atoms with Gasteiger partial charge in [-0.05, 0) is 47.4 Å². The molecule has 3 heterocycles. The highest BCUT2D eigenvalue weighted by Gasteiger charge is 2.10. The Labute approximate surface area is 189 Å². The van der Waals surface area contributed by atoms with Gasteiger partial charge in [0.05, 0.1) is 0 Å². The minimum Gasteiger partial charge on any atom is -0.350 e. The minimum atomic E-state index is -0.297. The zero-order valence-corrected chi connectivity index (χ0v) is 18.5. The number of pyridine rings is 1. The van der Waals surface area contributed by atoms with Crippen molar-refractivity contribution in [2.45, 2.75) is 26.3 Å². The van der Waals surface area contributed by atoms with Crippen LogP contribution in [0.25, 0.3) is 12.2 Å². The summed E-state index contributed by atoms with van der Waals surface area (Å²) >= 11 is 1.56. The highest BCUT2D eigenvalue weighted by atomic mass is 32.1. The number of nitrogens with zero attached hydrogens (tertiary/aromatic N) is 5. The van der Waals surface area contributed by atoms with Crippen LogP contribution >= 0.6 is 11.3 Å². The topological polar surface area (TPSA) is 88.5 Å². The molecule has 0 atom stereocenters. The Morgan fingerprint density at radius 1 is 1.03 bits per heavy atom. The van der Waals surface area contributed by atoms with Crippen LogP contribution in [0, 0.1) is 5.82 Å². The number of rotatable bonds is 8. The summed E-state index contributed by atoms with van der Waals surface area (Å²) in [5, 5.41) is 7.09. The van der Waals surface area contributed by atoms with E-state index < -0.39 is 0 Å². The average molecular weight is 448 g/mol. The fraction of sp³-hybridized carbons (Fsp3) is 0.174. The maximum atomic E-state index is 13.5. The largest absolute Gasteiger partial charge is 0.350 e. The lowest BCUT2D eigenvalue weighted by Gasteiger charge is -2.08. The summed E-state index contributed by atoms with van der Waals surface area (Å²) in [6, 6.07) is 10.2. The lowest BCUT2D eigenvalue weighted by molar-refractivity contribution is 0.627. The fourth-order valence-electron chi connectivity index (χ4n) is 2.77. The van der Waals surface area contributed by atoms with E-state index in [2.05, 4.69) is 49.4 Å². The smallest absolute Gasteiger partial charge is 0.234 e. The number of benzene rings is 1. The molecule has 0 fully saturated rings. The molecule has 3 aromatic heterocycles. The number of thiazole rings is 1. The van der Waals surface area contributed by atoms with Gasteiger partial charge in [-0.25, -0.2) is 9.37 Å². The molecular weight excluding hydrogens is 425 g/mol. The highest BCUT2D eigenvalue weighted by molar-refractivity contribution is 7.15. The Morgan fingerprint density at radius 2 is 1.84 bits per heavy atom. The van der Waals surface area contributed by atoms with Crippen molar-refractivity contribution >= 4 is 40.5 Å². The van der Waals surface area contributed by atoms with Gasteiger partial charge in [-0.3, -0.25) is 10.3 Å². The van der Waals surface area contributed by atoms with Crippen LogP contribution in [-0.2, 0) is 6.54 Å². The first-order valence-corrected chi connectivity index (χ1v) is 10.9. The first-order chi connectivity index (χ1) is 15.5. The quantitative estimate of drug-likeness (QED) is 0.368. The molecule has 0 unspecified atom stereocenters. The Morgan fingerprint density at radius 3 is 2.59 bits per heavy atom. The molecule has 0 saturated heterocycles. The molecule has 0 spiro atoms. The summed E-state index contributed by atoms with van der Waals surface area (Å²) in [6.45, 7) is 4.78. The van der Waals surface area contributed by atoms with Gasteiger partial charge in [0.2, 0.25) is 11.9 Å². The van der Waals surface area contributed by atoms with E-state index in [0.29, 0.717) is 40.9 Å². The van der Waals surface area contributed by atoms with Crippen LogP contribution < -0.4 is 10.6 Å². The van der Waals surface area contributed by atoms with Crippen molar-refractivity contribution in [3.8, 4) is 0 Å². The maximum Gasteiger partial charge on any atom is 0.234 e. The van der Waals surface area contributed by atoms with E-state index in [4.69, 9.17) is 0 Å². The lowest BCUT2D eigenvalue weighted by atomic mass is 10.2. The number of nitrogens with one attached hydrogen (secondary N) is 2. The second kappa shape index (κ2) is 10.1. The van der Waals surface area contributed by atoms with E-state index in [-0.39, 0.29) is 5.82 Å². The van der Waals surface area contributed by atoms with Gasteiger partial charge in [0.15, 0.2) is 11.0 Å². The van der Waals surface area contributed by atoms with Crippen LogP contribution in [0.1, 0.15) is 41.6 Å². The molecule has 7 nitrogen and oxygen atoms in total. The van der Waals surface area contributed by atoms with E-state index >= 15 is 0 Å². The van der Waals surface area contributed by atoms with Crippen LogP contribution in [0.3, 0.4) is 0 Å². The molecule has 0 aliphatic rings. The molecule has 9 heteroatoms. The standard InChI is InChI=1S/C23H22FN7S/c1-15(2)19-14-27-23(32-19)31-22-29-20(7-6-16-4-3-5-18(24)12-16)28-21(30-22)26-13-17-8-10-25-11-9-17/h3-12,14-15H,13H2,1-2H3,(H2,26,27,28,29,30,31)/b7-6+. The Kier molecular flexibility index (Phi) is 6.76. The van der Waals surface area contributed by atoms with Gasteiger partial charge in [-0.1, -0.05) is 32.1 Å². The van der Waals surface area contributed by atoms with Crippen LogP contribution in [0.2, 0.25) is 0 Å². The van der Waals surface area contributed by atoms with Crippen LogP contribution in [-0.4, -0.2) is 24.9 Å². The average Bonchev–Trinajstić information content (AvgIpc) is 3.26. The number of aromatic nitrogens is 5. The second-order valence-electron chi connectivity index (χ2n) is 7.29. The maximum absolute atomic E-state index is 13.5. The summed E-state index contributed by atoms with van der Waals surface area (Å²) in [6.07, 6.45) is 8.81. The zero-order valence-electron chi connectivity index (χ0n) is 17.7. The van der Waals surface area contributed by atoms with Gasteiger partial charge in [0.25, 0.3) is 0 Å². The van der Waals surface area contributed by atoms with Crippen molar-refractivity contribution in [3.05, 3.63) is 82.6 Å². The molecular formula is C23H22FN7S. The zero-order chi connectivity index (χ0) is 22.3. The van der Waals surface area contributed by atoms with Crippen molar-refractivity contribution in [1.29, 1.82) is 0 Å². The second-order valence-corrected chi connectivity index (χ2v) is 8.35. The van der Waals surface area contributed by atoms with Crippen LogP contribution in [0.4, 0.5) is 21.4 Å².